The summed E-state index contributed by atoms with van der Waals surface area (Å²) in [5.74, 6) is 0.785. The van der Waals surface area contributed by atoms with Crippen molar-refractivity contribution in [2.24, 2.45) is 5.92 Å². The van der Waals surface area contributed by atoms with Crippen molar-refractivity contribution in [3.63, 3.8) is 0 Å². The second kappa shape index (κ2) is 7.68. The van der Waals surface area contributed by atoms with Crippen LogP contribution in [0.15, 0.2) is 24.3 Å². The van der Waals surface area contributed by atoms with Crippen LogP contribution in [0.3, 0.4) is 0 Å². The van der Waals surface area contributed by atoms with E-state index in [1.807, 2.05) is 6.07 Å². The molecule has 0 spiro atoms. The minimum absolute atomic E-state index is 0.166. The van der Waals surface area contributed by atoms with Crippen molar-refractivity contribution in [1.29, 1.82) is 0 Å². The van der Waals surface area contributed by atoms with E-state index in [1.165, 1.54) is 11.1 Å². The molecule has 1 aromatic rings. The SMILES string of the molecule is Cc1cccc(CCC(=O)NCC2CCC(Cl)CC2)c1. The van der Waals surface area contributed by atoms with E-state index in [9.17, 15) is 4.79 Å². The molecule has 0 saturated heterocycles. The van der Waals surface area contributed by atoms with Crippen molar-refractivity contribution >= 4 is 17.5 Å². The van der Waals surface area contributed by atoms with Gasteiger partial charge in [0.1, 0.15) is 0 Å². The van der Waals surface area contributed by atoms with E-state index in [2.05, 4.69) is 30.4 Å². The molecule has 0 aliphatic heterocycles. The molecular weight excluding hydrogens is 270 g/mol. The van der Waals surface area contributed by atoms with Crippen molar-refractivity contribution in [2.75, 3.05) is 6.54 Å². The second-order valence-corrected chi connectivity index (χ2v) is 6.53. The third-order valence-corrected chi connectivity index (χ3v) is 4.52. The zero-order valence-electron chi connectivity index (χ0n) is 12.2. The van der Waals surface area contributed by atoms with Gasteiger partial charge in [0.2, 0.25) is 5.91 Å². The van der Waals surface area contributed by atoms with Gasteiger partial charge in [0.05, 0.1) is 0 Å². The Morgan fingerprint density at radius 3 is 2.75 bits per heavy atom. The molecule has 0 atom stereocenters. The summed E-state index contributed by atoms with van der Waals surface area (Å²) in [6.07, 6.45) is 5.87. The van der Waals surface area contributed by atoms with Crippen LogP contribution < -0.4 is 5.32 Å². The van der Waals surface area contributed by atoms with Crippen LogP contribution in [-0.4, -0.2) is 17.8 Å². The van der Waals surface area contributed by atoms with Gasteiger partial charge in [-0.1, -0.05) is 29.8 Å². The highest BCUT2D eigenvalue weighted by Gasteiger charge is 2.19. The van der Waals surface area contributed by atoms with Crippen molar-refractivity contribution < 1.29 is 4.79 Å². The number of carbonyl (C=O) groups is 1. The summed E-state index contributed by atoms with van der Waals surface area (Å²) in [4.78, 5) is 11.9. The summed E-state index contributed by atoms with van der Waals surface area (Å²) in [5.41, 5.74) is 2.49. The van der Waals surface area contributed by atoms with Gasteiger partial charge in [0, 0.05) is 18.3 Å². The lowest BCUT2D eigenvalue weighted by molar-refractivity contribution is -0.121. The number of aryl methyl sites for hydroxylation is 2. The first-order valence-corrected chi connectivity index (χ1v) is 8.03. The van der Waals surface area contributed by atoms with Crippen molar-refractivity contribution in [3.05, 3.63) is 35.4 Å². The average Bonchev–Trinajstić information content (AvgIpc) is 2.45. The Hall–Kier alpha value is -1.02. The van der Waals surface area contributed by atoms with E-state index >= 15 is 0 Å². The average molecular weight is 294 g/mol. The Labute approximate surface area is 126 Å². The lowest BCUT2D eigenvalue weighted by atomic mass is 9.89. The number of amides is 1. The number of benzene rings is 1. The van der Waals surface area contributed by atoms with E-state index in [1.54, 1.807) is 0 Å². The molecule has 110 valence electrons. The maximum absolute atomic E-state index is 11.9. The Bertz CT molecular complexity index is 438. The van der Waals surface area contributed by atoms with Crippen LogP contribution in [0.5, 0.6) is 0 Å². The fraction of sp³-hybridized carbons (Fsp3) is 0.588. The smallest absolute Gasteiger partial charge is 0.220 e. The van der Waals surface area contributed by atoms with Crippen molar-refractivity contribution in [1.82, 2.24) is 5.32 Å². The first-order chi connectivity index (χ1) is 9.63. The van der Waals surface area contributed by atoms with Gasteiger partial charge in [-0.05, 0) is 50.5 Å². The monoisotopic (exact) mass is 293 g/mol. The molecule has 1 N–H and O–H groups in total. The van der Waals surface area contributed by atoms with Crippen molar-refractivity contribution in [3.8, 4) is 0 Å². The minimum atomic E-state index is 0.166. The molecule has 1 fully saturated rings. The number of rotatable bonds is 5. The topological polar surface area (TPSA) is 29.1 Å². The summed E-state index contributed by atoms with van der Waals surface area (Å²) in [7, 11) is 0. The summed E-state index contributed by atoms with van der Waals surface area (Å²) >= 11 is 6.09. The number of hydrogen-bond acceptors (Lipinski definition) is 1. The molecule has 2 rings (SSSR count). The molecule has 0 heterocycles. The van der Waals surface area contributed by atoms with Gasteiger partial charge >= 0.3 is 0 Å². The zero-order valence-corrected chi connectivity index (χ0v) is 13.0. The molecule has 0 unspecified atom stereocenters. The van der Waals surface area contributed by atoms with E-state index < -0.39 is 0 Å². The molecule has 0 radical (unpaired) electrons. The van der Waals surface area contributed by atoms with Gasteiger partial charge in [-0.2, -0.15) is 0 Å². The lowest BCUT2D eigenvalue weighted by Crippen LogP contribution is -2.31. The minimum Gasteiger partial charge on any atom is -0.356 e. The lowest BCUT2D eigenvalue weighted by Gasteiger charge is -2.25. The number of nitrogens with one attached hydrogen (secondary N) is 1. The molecule has 3 heteroatoms. The van der Waals surface area contributed by atoms with E-state index in [0.717, 1.165) is 38.6 Å². The van der Waals surface area contributed by atoms with Gasteiger partial charge in [0.15, 0.2) is 0 Å². The number of halogens is 1. The van der Waals surface area contributed by atoms with Crippen LogP contribution in [0.25, 0.3) is 0 Å². The molecule has 1 amide bonds. The Balaban J connectivity index is 1.65. The van der Waals surface area contributed by atoms with Crippen molar-refractivity contribution in [2.45, 2.75) is 50.8 Å². The van der Waals surface area contributed by atoms with Gasteiger partial charge in [-0.15, -0.1) is 11.6 Å². The fourth-order valence-electron chi connectivity index (χ4n) is 2.80. The predicted molar refractivity (Wildman–Crippen MR) is 84.1 cm³/mol. The van der Waals surface area contributed by atoms with E-state index in [-0.39, 0.29) is 5.91 Å². The third kappa shape index (κ3) is 5.16. The summed E-state index contributed by atoms with van der Waals surface area (Å²) < 4.78 is 0. The summed E-state index contributed by atoms with van der Waals surface area (Å²) in [6.45, 7) is 2.90. The second-order valence-electron chi connectivity index (χ2n) is 5.91. The van der Waals surface area contributed by atoms with Gasteiger partial charge in [0.25, 0.3) is 0 Å². The molecule has 2 nitrogen and oxygen atoms in total. The molecule has 1 saturated carbocycles. The molecule has 1 aliphatic rings. The normalized spacial score (nSPS) is 22.5. The molecule has 0 bridgehead atoms. The third-order valence-electron chi connectivity index (χ3n) is 4.09. The van der Waals surface area contributed by atoms with Crippen LogP contribution in [0.1, 0.15) is 43.2 Å². The van der Waals surface area contributed by atoms with Crippen LogP contribution in [0.4, 0.5) is 0 Å². The number of carbonyl (C=O) groups excluding carboxylic acids is 1. The largest absolute Gasteiger partial charge is 0.356 e. The maximum atomic E-state index is 11.9. The highest BCUT2D eigenvalue weighted by Crippen LogP contribution is 2.26. The number of alkyl halides is 1. The first kappa shape index (κ1) is 15.4. The predicted octanol–water partition coefficient (Wildman–Crippen LogP) is 3.84. The van der Waals surface area contributed by atoms with Crippen LogP contribution in [-0.2, 0) is 11.2 Å². The summed E-state index contributed by atoms with van der Waals surface area (Å²) in [5, 5.41) is 3.42. The van der Waals surface area contributed by atoms with E-state index in [4.69, 9.17) is 11.6 Å². The Morgan fingerprint density at radius 2 is 2.05 bits per heavy atom. The van der Waals surface area contributed by atoms with Gasteiger partial charge < -0.3 is 5.32 Å². The number of hydrogen-bond donors (Lipinski definition) is 1. The quantitative estimate of drug-likeness (QED) is 0.821. The standard InChI is InChI=1S/C17H24ClNO/c1-13-3-2-4-14(11-13)7-10-17(20)19-12-15-5-8-16(18)9-6-15/h2-4,11,15-16H,5-10,12H2,1H3,(H,19,20). The maximum Gasteiger partial charge on any atom is 0.220 e. The molecule has 0 aromatic heterocycles. The summed E-state index contributed by atoms with van der Waals surface area (Å²) in [6, 6.07) is 8.36. The molecule has 1 aliphatic carbocycles. The van der Waals surface area contributed by atoms with Crippen LogP contribution >= 0.6 is 11.6 Å². The zero-order chi connectivity index (χ0) is 14.4. The molecule has 20 heavy (non-hydrogen) atoms. The van der Waals surface area contributed by atoms with Gasteiger partial charge in [-0.3, -0.25) is 4.79 Å². The first-order valence-electron chi connectivity index (χ1n) is 7.60. The van der Waals surface area contributed by atoms with E-state index in [0.29, 0.717) is 17.7 Å². The van der Waals surface area contributed by atoms with Gasteiger partial charge in [-0.25, -0.2) is 0 Å². The fourth-order valence-corrected chi connectivity index (χ4v) is 3.05. The van der Waals surface area contributed by atoms with Crippen LogP contribution in [0, 0.1) is 12.8 Å². The highest BCUT2D eigenvalue weighted by atomic mass is 35.5. The molecule has 1 aromatic carbocycles. The van der Waals surface area contributed by atoms with Crippen LogP contribution in [0.2, 0.25) is 0 Å². The Kier molecular flexibility index (Phi) is 5.90. The Morgan fingerprint density at radius 1 is 1.30 bits per heavy atom. The molecular formula is C17H24ClNO. The highest BCUT2D eigenvalue weighted by molar-refractivity contribution is 6.20.